The van der Waals surface area contributed by atoms with Crippen molar-refractivity contribution in [2.75, 3.05) is 32.7 Å². The molecule has 3 atom stereocenters. The third kappa shape index (κ3) is 5.91. The number of carbonyl (C=O) groups is 4. The van der Waals surface area contributed by atoms with Crippen molar-refractivity contribution in [2.24, 2.45) is 5.92 Å². The zero-order valence-corrected chi connectivity index (χ0v) is 21.2. The highest BCUT2D eigenvalue weighted by atomic mass is 19.4. The minimum Gasteiger partial charge on any atom is -0.369 e. The maximum Gasteiger partial charge on any atom is 0.471 e. The highest BCUT2D eigenvalue weighted by Crippen LogP contribution is 2.35. The summed E-state index contributed by atoms with van der Waals surface area (Å²) in [6.45, 7) is 2.03. The minimum atomic E-state index is -4.84. The molecule has 5 rings (SSSR count). The molecule has 0 spiro atoms. The molecule has 1 aliphatic carbocycles. The number of hydrogen-bond acceptors (Lipinski definition) is 6. The maximum absolute atomic E-state index is 13.0. The number of allylic oxidation sites excluding steroid dienone is 2. The van der Waals surface area contributed by atoms with E-state index in [1.54, 1.807) is 12.2 Å². The molecule has 1 aromatic rings. The van der Waals surface area contributed by atoms with Crippen molar-refractivity contribution in [3.63, 3.8) is 0 Å². The van der Waals surface area contributed by atoms with Crippen LogP contribution in [0.5, 0.6) is 0 Å². The number of alkyl halides is 3. The SMILES string of the molecule is O=C1CCC(N2CC3C(=CC=CC3OCc3ccc(CN4CCN(C(=O)C(F)(F)F)CC4)cc3)C2=O)C(=O)N1. The molecule has 3 saturated heterocycles. The fourth-order valence-corrected chi connectivity index (χ4v) is 5.50. The summed E-state index contributed by atoms with van der Waals surface area (Å²) in [5, 5.41) is 2.31. The van der Waals surface area contributed by atoms with Gasteiger partial charge in [-0.05, 0) is 17.5 Å². The molecule has 3 unspecified atom stereocenters. The summed E-state index contributed by atoms with van der Waals surface area (Å²) in [7, 11) is 0. The average molecular weight is 547 g/mol. The number of amides is 4. The summed E-state index contributed by atoms with van der Waals surface area (Å²) in [6, 6.07) is 7.08. The third-order valence-electron chi connectivity index (χ3n) is 7.63. The number of nitrogens with zero attached hydrogens (tertiary/aromatic N) is 3. The van der Waals surface area contributed by atoms with Crippen molar-refractivity contribution >= 4 is 23.6 Å². The van der Waals surface area contributed by atoms with Crippen LogP contribution in [0.1, 0.15) is 24.0 Å². The minimum absolute atomic E-state index is 0.0419. The Bertz CT molecular complexity index is 1200. The second kappa shape index (κ2) is 10.9. The number of imide groups is 1. The van der Waals surface area contributed by atoms with Gasteiger partial charge in [-0.15, -0.1) is 0 Å². The Morgan fingerprint density at radius 1 is 1.03 bits per heavy atom. The first-order valence-corrected chi connectivity index (χ1v) is 12.9. The van der Waals surface area contributed by atoms with E-state index in [1.165, 1.54) is 4.90 Å². The predicted octanol–water partition coefficient (Wildman–Crippen LogP) is 1.54. The van der Waals surface area contributed by atoms with Crippen molar-refractivity contribution < 1.29 is 37.1 Å². The van der Waals surface area contributed by atoms with Crippen LogP contribution in [0, 0.1) is 5.92 Å². The number of piperidine rings is 1. The van der Waals surface area contributed by atoms with Gasteiger partial charge < -0.3 is 14.5 Å². The molecule has 1 aromatic carbocycles. The molecule has 1 N–H and O–H groups in total. The summed E-state index contributed by atoms with van der Waals surface area (Å²) >= 11 is 0. The fourth-order valence-electron chi connectivity index (χ4n) is 5.50. The van der Waals surface area contributed by atoms with E-state index in [2.05, 4.69) is 5.32 Å². The van der Waals surface area contributed by atoms with Crippen LogP contribution in [0.2, 0.25) is 0 Å². The van der Waals surface area contributed by atoms with Gasteiger partial charge in [0.25, 0.3) is 5.91 Å². The first-order chi connectivity index (χ1) is 18.6. The van der Waals surface area contributed by atoms with Gasteiger partial charge in [-0.1, -0.05) is 42.5 Å². The number of halogens is 3. The number of piperazine rings is 1. The van der Waals surface area contributed by atoms with E-state index in [0.717, 1.165) is 16.0 Å². The van der Waals surface area contributed by atoms with Crippen LogP contribution >= 0.6 is 0 Å². The van der Waals surface area contributed by atoms with Gasteiger partial charge in [-0.25, -0.2) is 0 Å². The Kier molecular flexibility index (Phi) is 7.59. The van der Waals surface area contributed by atoms with Crippen LogP contribution in [0.3, 0.4) is 0 Å². The van der Waals surface area contributed by atoms with Crippen LogP contribution < -0.4 is 5.32 Å². The normalized spacial score (nSPS) is 26.0. The predicted molar refractivity (Wildman–Crippen MR) is 132 cm³/mol. The van der Waals surface area contributed by atoms with Crippen molar-refractivity contribution in [2.45, 2.75) is 44.3 Å². The Morgan fingerprint density at radius 2 is 1.72 bits per heavy atom. The monoisotopic (exact) mass is 546 g/mol. The van der Waals surface area contributed by atoms with Gasteiger partial charge in [0.15, 0.2) is 0 Å². The second-order valence-corrected chi connectivity index (χ2v) is 10.2. The van der Waals surface area contributed by atoms with Crippen molar-refractivity contribution in [1.29, 1.82) is 0 Å². The first kappa shape index (κ1) is 27.1. The number of benzene rings is 1. The number of carbonyl (C=O) groups excluding carboxylic acids is 4. The number of rotatable bonds is 6. The first-order valence-electron chi connectivity index (χ1n) is 12.9. The van der Waals surface area contributed by atoms with Gasteiger partial charge in [0.05, 0.1) is 12.7 Å². The lowest BCUT2D eigenvalue weighted by molar-refractivity contribution is -0.187. The molecule has 0 radical (unpaired) electrons. The summed E-state index contributed by atoms with van der Waals surface area (Å²) in [6.07, 6.45) is 0.760. The topological polar surface area (TPSA) is 99.3 Å². The average Bonchev–Trinajstić information content (AvgIpc) is 3.24. The van der Waals surface area contributed by atoms with Crippen LogP contribution in [-0.4, -0.2) is 89.4 Å². The van der Waals surface area contributed by atoms with E-state index in [4.69, 9.17) is 4.74 Å². The molecule has 0 aromatic heterocycles. The van der Waals surface area contributed by atoms with Gasteiger partial charge in [0.2, 0.25) is 11.8 Å². The fraction of sp³-hybridized carbons (Fsp3) is 0.481. The van der Waals surface area contributed by atoms with E-state index in [9.17, 15) is 32.3 Å². The molecule has 4 aliphatic rings. The van der Waals surface area contributed by atoms with E-state index in [1.807, 2.05) is 35.2 Å². The van der Waals surface area contributed by atoms with Crippen LogP contribution in [0.25, 0.3) is 0 Å². The molecule has 4 amide bonds. The second-order valence-electron chi connectivity index (χ2n) is 10.2. The van der Waals surface area contributed by atoms with Gasteiger partial charge in [0.1, 0.15) is 6.04 Å². The number of likely N-dealkylation sites (tertiary alicyclic amines) is 1. The lowest BCUT2D eigenvalue weighted by Gasteiger charge is -2.35. The lowest BCUT2D eigenvalue weighted by Crippen LogP contribution is -2.53. The molecule has 0 bridgehead atoms. The number of ether oxygens (including phenoxy) is 1. The molecule has 0 saturated carbocycles. The maximum atomic E-state index is 13.0. The number of nitrogens with one attached hydrogen (secondary N) is 1. The van der Waals surface area contributed by atoms with Crippen LogP contribution in [-0.2, 0) is 37.1 Å². The summed E-state index contributed by atoms with van der Waals surface area (Å²) < 4.78 is 44.1. The van der Waals surface area contributed by atoms with E-state index >= 15 is 0 Å². The van der Waals surface area contributed by atoms with Crippen LogP contribution in [0.4, 0.5) is 13.2 Å². The Hall–Kier alpha value is -3.51. The van der Waals surface area contributed by atoms with Crippen molar-refractivity contribution in [1.82, 2.24) is 20.0 Å². The van der Waals surface area contributed by atoms with Gasteiger partial charge in [-0.3, -0.25) is 29.4 Å². The Labute approximate surface area is 223 Å². The molecular formula is C27H29F3N4O5. The molecule has 208 valence electrons. The molecule has 3 fully saturated rings. The molecule has 3 aliphatic heterocycles. The standard InChI is InChI=1S/C27H29F3N4O5/c28-27(29,30)26(38)33-12-10-32(11-13-33)14-17-4-6-18(7-5-17)16-39-22-3-1-2-19-20(22)15-34(25(19)37)21-8-9-23(35)31-24(21)36/h1-7,20-22H,8-16H2,(H,31,35,36). The number of hydrogen-bond donors (Lipinski definition) is 1. The smallest absolute Gasteiger partial charge is 0.369 e. The van der Waals surface area contributed by atoms with E-state index < -0.39 is 24.0 Å². The molecule has 9 nitrogen and oxygen atoms in total. The molecular weight excluding hydrogens is 517 g/mol. The molecule has 12 heteroatoms. The summed E-state index contributed by atoms with van der Waals surface area (Å²) in [4.78, 5) is 52.6. The highest BCUT2D eigenvalue weighted by molar-refractivity contribution is 6.05. The summed E-state index contributed by atoms with van der Waals surface area (Å²) in [5.41, 5.74) is 2.52. The third-order valence-corrected chi connectivity index (χ3v) is 7.63. The van der Waals surface area contributed by atoms with Gasteiger partial charge >= 0.3 is 12.1 Å². The highest BCUT2D eigenvalue weighted by Gasteiger charge is 2.46. The van der Waals surface area contributed by atoms with Gasteiger partial charge in [-0.2, -0.15) is 13.2 Å². The zero-order valence-electron chi connectivity index (χ0n) is 21.2. The Morgan fingerprint density at radius 3 is 2.38 bits per heavy atom. The molecule has 3 heterocycles. The van der Waals surface area contributed by atoms with Crippen molar-refractivity contribution in [3.8, 4) is 0 Å². The van der Waals surface area contributed by atoms with E-state index in [-0.39, 0.29) is 43.3 Å². The Balaban J connectivity index is 1.12. The van der Waals surface area contributed by atoms with E-state index in [0.29, 0.717) is 44.8 Å². The van der Waals surface area contributed by atoms with Crippen LogP contribution in [0.15, 0.2) is 48.1 Å². The van der Waals surface area contributed by atoms with Crippen molar-refractivity contribution in [3.05, 3.63) is 59.2 Å². The quantitative estimate of drug-likeness (QED) is 0.544. The molecule has 39 heavy (non-hydrogen) atoms. The zero-order chi connectivity index (χ0) is 27.7. The number of fused-ring (bicyclic) bond motifs is 1. The lowest BCUT2D eigenvalue weighted by atomic mass is 9.91. The summed E-state index contributed by atoms with van der Waals surface area (Å²) in [5.74, 6) is -2.97. The largest absolute Gasteiger partial charge is 0.471 e. The van der Waals surface area contributed by atoms with Gasteiger partial charge in [0, 0.05) is 57.2 Å².